The van der Waals surface area contributed by atoms with E-state index in [0.29, 0.717) is 6.04 Å². The normalized spacial score (nSPS) is 23.1. The lowest BCUT2D eigenvalue weighted by Crippen LogP contribution is -2.19. The molecule has 0 radical (unpaired) electrons. The molecule has 1 fully saturated rings. The van der Waals surface area contributed by atoms with E-state index in [1.54, 1.807) is 0 Å². The van der Waals surface area contributed by atoms with Gasteiger partial charge in [-0.2, -0.15) is 0 Å². The van der Waals surface area contributed by atoms with Gasteiger partial charge in [-0.15, -0.1) is 0 Å². The second-order valence-electron chi connectivity index (χ2n) is 5.08. The zero-order valence-corrected chi connectivity index (χ0v) is 10.5. The van der Waals surface area contributed by atoms with Crippen molar-refractivity contribution in [2.45, 2.75) is 18.9 Å². The summed E-state index contributed by atoms with van der Waals surface area (Å²) in [5.41, 5.74) is 2.88. The molecular formula is C17H19N. The molecule has 0 amide bonds. The zero-order chi connectivity index (χ0) is 12.2. The van der Waals surface area contributed by atoms with E-state index in [4.69, 9.17) is 0 Å². The molecule has 18 heavy (non-hydrogen) atoms. The van der Waals surface area contributed by atoms with Gasteiger partial charge in [-0.25, -0.2) is 0 Å². The lowest BCUT2D eigenvalue weighted by molar-refractivity contribution is 0.460. The monoisotopic (exact) mass is 237 g/mol. The van der Waals surface area contributed by atoms with Gasteiger partial charge in [-0.05, 0) is 36.4 Å². The van der Waals surface area contributed by atoms with Gasteiger partial charge in [0.15, 0.2) is 0 Å². The van der Waals surface area contributed by atoms with Crippen LogP contribution in [0.2, 0.25) is 0 Å². The first-order chi connectivity index (χ1) is 8.93. The van der Waals surface area contributed by atoms with E-state index in [-0.39, 0.29) is 0 Å². The van der Waals surface area contributed by atoms with Crippen LogP contribution in [-0.4, -0.2) is 6.54 Å². The summed E-state index contributed by atoms with van der Waals surface area (Å²) in [5.74, 6) is 0.717. The second kappa shape index (κ2) is 5.36. The van der Waals surface area contributed by atoms with Gasteiger partial charge in [-0.3, -0.25) is 0 Å². The SMILES string of the molecule is c1ccc(C[C@@H]2CCN[C@H]2c2ccccc2)cc1. The largest absolute Gasteiger partial charge is 0.310 e. The minimum absolute atomic E-state index is 0.520. The molecule has 1 aliphatic heterocycles. The highest BCUT2D eigenvalue weighted by molar-refractivity contribution is 5.23. The summed E-state index contributed by atoms with van der Waals surface area (Å²) in [4.78, 5) is 0. The minimum Gasteiger partial charge on any atom is -0.310 e. The van der Waals surface area contributed by atoms with Crippen molar-refractivity contribution in [3.8, 4) is 0 Å². The number of hydrogen-bond acceptors (Lipinski definition) is 1. The van der Waals surface area contributed by atoms with E-state index in [0.717, 1.165) is 12.5 Å². The van der Waals surface area contributed by atoms with Gasteiger partial charge in [0, 0.05) is 6.04 Å². The minimum atomic E-state index is 0.520. The number of rotatable bonds is 3. The maximum Gasteiger partial charge on any atom is 0.0352 e. The van der Waals surface area contributed by atoms with Gasteiger partial charge < -0.3 is 5.32 Å². The molecule has 2 aromatic rings. The maximum absolute atomic E-state index is 3.64. The molecule has 0 unspecified atom stereocenters. The lowest BCUT2D eigenvalue weighted by atomic mass is 9.89. The Kier molecular flexibility index (Phi) is 3.42. The summed E-state index contributed by atoms with van der Waals surface area (Å²) in [6.07, 6.45) is 2.45. The third kappa shape index (κ3) is 2.46. The second-order valence-corrected chi connectivity index (χ2v) is 5.08. The average molecular weight is 237 g/mol. The molecule has 1 aliphatic rings. The Morgan fingerprint density at radius 2 is 1.56 bits per heavy atom. The standard InChI is InChI=1S/C17H19N/c1-3-7-14(8-4-1)13-16-11-12-18-17(16)15-9-5-2-6-10-15/h1-10,16-18H,11-13H2/t16-,17-/m0/s1. The molecule has 1 N–H and O–H groups in total. The van der Waals surface area contributed by atoms with Gasteiger partial charge in [0.2, 0.25) is 0 Å². The molecule has 92 valence electrons. The van der Waals surface area contributed by atoms with Crippen LogP contribution in [0.4, 0.5) is 0 Å². The highest BCUT2D eigenvalue weighted by atomic mass is 14.9. The van der Waals surface area contributed by atoms with Crippen LogP contribution in [0.1, 0.15) is 23.6 Å². The molecule has 1 heteroatoms. The van der Waals surface area contributed by atoms with Gasteiger partial charge in [0.25, 0.3) is 0 Å². The van der Waals surface area contributed by atoms with E-state index >= 15 is 0 Å². The molecule has 0 saturated carbocycles. The molecule has 0 bridgehead atoms. The Labute approximate surface area is 109 Å². The van der Waals surface area contributed by atoms with Crippen LogP contribution in [0.15, 0.2) is 60.7 Å². The first-order valence-electron chi connectivity index (χ1n) is 6.76. The number of hydrogen-bond donors (Lipinski definition) is 1. The first kappa shape index (κ1) is 11.5. The fourth-order valence-electron chi connectivity index (χ4n) is 2.94. The zero-order valence-electron chi connectivity index (χ0n) is 10.5. The molecule has 1 heterocycles. The lowest BCUT2D eigenvalue weighted by Gasteiger charge is -2.20. The van der Waals surface area contributed by atoms with Crippen molar-refractivity contribution in [1.29, 1.82) is 0 Å². The predicted octanol–water partition coefficient (Wildman–Crippen LogP) is 3.58. The average Bonchev–Trinajstić information content (AvgIpc) is 2.89. The molecule has 0 aromatic heterocycles. The van der Waals surface area contributed by atoms with Crippen LogP contribution in [-0.2, 0) is 6.42 Å². The van der Waals surface area contributed by atoms with Gasteiger partial charge >= 0.3 is 0 Å². The summed E-state index contributed by atoms with van der Waals surface area (Å²) in [6, 6.07) is 22.2. The Bertz CT molecular complexity index is 477. The van der Waals surface area contributed by atoms with Crippen LogP contribution < -0.4 is 5.32 Å². The molecule has 3 rings (SSSR count). The van der Waals surface area contributed by atoms with Crippen LogP contribution in [0.25, 0.3) is 0 Å². The van der Waals surface area contributed by atoms with E-state index in [1.165, 1.54) is 24.0 Å². The Morgan fingerprint density at radius 3 is 2.28 bits per heavy atom. The van der Waals surface area contributed by atoms with Crippen molar-refractivity contribution in [1.82, 2.24) is 5.32 Å². The summed E-state index contributed by atoms with van der Waals surface area (Å²) >= 11 is 0. The summed E-state index contributed by atoms with van der Waals surface area (Å²) in [6.45, 7) is 1.14. The molecular weight excluding hydrogens is 218 g/mol. The number of benzene rings is 2. The van der Waals surface area contributed by atoms with E-state index in [9.17, 15) is 0 Å². The third-order valence-corrected chi connectivity index (χ3v) is 3.85. The highest BCUT2D eigenvalue weighted by Gasteiger charge is 2.27. The summed E-state index contributed by atoms with van der Waals surface area (Å²) < 4.78 is 0. The van der Waals surface area contributed by atoms with E-state index in [2.05, 4.69) is 66.0 Å². The van der Waals surface area contributed by atoms with Crippen molar-refractivity contribution < 1.29 is 0 Å². The van der Waals surface area contributed by atoms with Crippen molar-refractivity contribution in [2.75, 3.05) is 6.54 Å². The van der Waals surface area contributed by atoms with Gasteiger partial charge in [0.05, 0.1) is 0 Å². The summed E-state index contributed by atoms with van der Waals surface area (Å²) in [7, 11) is 0. The fourth-order valence-corrected chi connectivity index (χ4v) is 2.94. The molecule has 2 aromatic carbocycles. The van der Waals surface area contributed by atoms with E-state index in [1.807, 2.05) is 0 Å². The maximum atomic E-state index is 3.64. The molecule has 1 saturated heterocycles. The summed E-state index contributed by atoms with van der Waals surface area (Å²) in [5, 5.41) is 3.64. The van der Waals surface area contributed by atoms with Crippen molar-refractivity contribution in [3.63, 3.8) is 0 Å². The van der Waals surface area contributed by atoms with Crippen LogP contribution in [0.5, 0.6) is 0 Å². The van der Waals surface area contributed by atoms with Crippen LogP contribution in [0.3, 0.4) is 0 Å². The highest BCUT2D eigenvalue weighted by Crippen LogP contribution is 2.31. The quantitative estimate of drug-likeness (QED) is 0.860. The smallest absolute Gasteiger partial charge is 0.0352 e. The molecule has 2 atom stereocenters. The topological polar surface area (TPSA) is 12.0 Å². The van der Waals surface area contributed by atoms with Crippen molar-refractivity contribution in [3.05, 3.63) is 71.8 Å². The molecule has 0 aliphatic carbocycles. The van der Waals surface area contributed by atoms with E-state index < -0.39 is 0 Å². The van der Waals surface area contributed by atoms with Gasteiger partial charge in [0.1, 0.15) is 0 Å². The Balaban J connectivity index is 1.76. The van der Waals surface area contributed by atoms with Crippen LogP contribution >= 0.6 is 0 Å². The number of nitrogens with one attached hydrogen (secondary N) is 1. The Morgan fingerprint density at radius 1 is 0.889 bits per heavy atom. The fraction of sp³-hybridized carbons (Fsp3) is 0.294. The van der Waals surface area contributed by atoms with Crippen LogP contribution in [0, 0.1) is 5.92 Å². The Hall–Kier alpha value is -1.60. The molecule has 1 nitrogen and oxygen atoms in total. The van der Waals surface area contributed by atoms with Gasteiger partial charge in [-0.1, -0.05) is 60.7 Å². The first-order valence-corrected chi connectivity index (χ1v) is 6.76. The van der Waals surface area contributed by atoms with Crippen molar-refractivity contribution >= 4 is 0 Å². The third-order valence-electron chi connectivity index (χ3n) is 3.85. The van der Waals surface area contributed by atoms with Crippen molar-refractivity contribution in [2.24, 2.45) is 5.92 Å². The molecule has 0 spiro atoms. The predicted molar refractivity (Wildman–Crippen MR) is 75.4 cm³/mol.